The fourth-order valence-electron chi connectivity index (χ4n) is 3.27. The van der Waals surface area contributed by atoms with Gasteiger partial charge < -0.3 is 16.0 Å². The minimum absolute atomic E-state index is 0. The number of halogens is 1. The molecule has 1 amide bonds. The Morgan fingerprint density at radius 2 is 1.93 bits per heavy atom. The van der Waals surface area contributed by atoms with Crippen molar-refractivity contribution < 1.29 is 13.2 Å². The van der Waals surface area contributed by atoms with Crippen LogP contribution in [-0.4, -0.2) is 50.9 Å². The van der Waals surface area contributed by atoms with Gasteiger partial charge >= 0.3 is 0 Å². The van der Waals surface area contributed by atoms with E-state index in [-0.39, 0.29) is 29.3 Å². The van der Waals surface area contributed by atoms with Gasteiger partial charge in [0, 0.05) is 32.1 Å². The molecule has 0 bridgehead atoms. The van der Waals surface area contributed by atoms with Crippen LogP contribution in [0.5, 0.6) is 0 Å². The number of sulfonamides is 1. The maximum atomic E-state index is 12.8. The second kappa shape index (κ2) is 11.6. The van der Waals surface area contributed by atoms with E-state index in [9.17, 15) is 13.2 Å². The second-order valence-electron chi connectivity index (χ2n) is 6.77. The summed E-state index contributed by atoms with van der Waals surface area (Å²) in [7, 11) is -3.58. The molecule has 1 aliphatic heterocycles. The van der Waals surface area contributed by atoms with Crippen molar-refractivity contribution in [1.29, 1.82) is 0 Å². The van der Waals surface area contributed by atoms with Crippen LogP contribution in [0.1, 0.15) is 46.5 Å². The first-order chi connectivity index (χ1) is 12.9. The molecule has 0 aromatic heterocycles. The number of rotatable bonds is 10. The molecule has 1 unspecified atom stereocenters. The van der Waals surface area contributed by atoms with Crippen LogP contribution in [0.3, 0.4) is 0 Å². The van der Waals surface area contributed by atoms with Crippen LogP contribution in [0.4, 0.5) is 11.4 Å². The lowest BCUT2D eigenvalue weighted by Crippen LogP contribution is -2.31. The van der Waals surface area contributed by atoms with Crippen molar-refractivity contribution >= 4 is 39.7 Å². The number of carbonyl (C=O) groups excluding carboxylic acids is 1. The number of hydrogen-bond donors (Lipinski definition) is 3. The number of nitrogens with one attached hydrogen (secondary N) is 3. The Morgan fingerprint density at radius 1 is 1.21 bits per heavy atom. The Morgan fingerprint density at radius 3 is 2.50 bits per heavy atom. The number of anilines is 2. The molecule has 1 atom stereocenters. The van der Waals surface area contributed by atoms with E-state index < -0.39 is 10.0 Å². The fraction of sp³-hybridized carbons (Fsp3) is 0.632. The van der Waals surface area contributed by atoms with E-state index in [0.29, 0.717) is 25.2 Å². The SMILES string of the molecule is CCCNc1ccc(S(=O)(=O)N(CC)CC)cc1NC(=O)CC1CCCN1.Cl. The van der Waals surface area contributed by atoms with Gasteiger partial charge in [-0.2, -0.15) is 4.31 Å². The van der Waals surface area contributed by atoms with Gasteiger partial charge in [-0.1, -0.05) is 20.8 Å². The first-order valence-electron chi connectivity index (χ1n) is 9.83. The zero-order valence-electron chi connectivity index (χ0n) is 17.0. The molecule has 0 aliphatic carbocycles. The highest BCUT2D eigenvalue weighted by molar-refractivity contribution is 7.89. The highest BCUT2D eigenvalue weighted by Gasteiger charge is 2.24. The second-order valence-corrected chi connectivity index (χ2v) is 8.71. The van der Waals surface area contributed by atoms with E-state index in [4.69, 9.17) is 0 Å². The molecule has 1 aromatic carbocycles. The Labute approximate surface area is 175 Å². The average Bonchev–Trinajstić information content (AvgIpc) is 3.14. The monoisotopic (exact) mass is 432 g/mol. The smallest absolute Gasteiger partial charge is 0.243 e. The number of carbonyl (C=O) groups is 1. The summed E-state index contributed by atoms with van der Waals surface area (Å²) in [5.41, 5.74) is 1.25. The van der Waals surface area contributed by atoms with Crippen LogP contribution >= 0.6 is 12.4 Å². The van der Waals surface area contributed by atoms with Crippen molar-refractivity contribution in [2.45, 2.75) is 57.4 Å². The molecule has 9 heteroatoms. The third-order valence-electron chi connectivity index (χ3n) is 4.77. The minimum atomic E-state index is -3.58. The highest BCUT2D eigenvalue weighted by atomic mass is 35.5. The van der Waals surface area contributed by atoms with Crippen molar-refractivity contribution in [3.8, 4) is 0 Å². The Hall–Kier alpha value is -1.35. The van der Waals surface area contributed by atoms with Gasteiger partial charge in [0.15, 0.2) is 0 Å². The van der Waals surface area contributed by atoms with Gasteiger partial charge in [-0.05, 0) is 44.0 Å². The van der Waals surface area contributed by atoms with Crippen LogP contribution in [0, 0.1) is 0 Å². The molecule has 1 saturated heterocycles. The average molecular weight is 433 g/mol. The molecular formula is C19H33ClN4O3S. The van der Waals surface area contributed by atoms with Gasteiger partial charge in [-0.25, -0.2) is 8.42 Å². The number of nitrogens with zero attached hydrogens (tertiary/aromatic N) is 1. The molecular weight excluding hydrogens is 400 g/mol. The molecule has 1 aliphatic rings. The van der Waals surface area contributed by atoms with Crippen molar-refractivity contribution in [3.05, 3.63) is 18.2 Å². The molecule has 160 valence electrons. The van der Waals surface area contributed by atoms with Gasteiger partial charge in [-0.15, -0.1) is 12.4 Å². The summed E-state index contributed by atoms with van der Waals surface area (Å²) in [5, 5.41) is 9.48. The summed E-state index contributed by atoms with van der Waals surface area (Å²) in [4.78, 5) is 12.7. The van der Waals surface area contributed by atoms with Crippen molar-refractivity contribution in [2.75, 3.05) is 36.8 Å². The molecule has 3 N–H and O–H groups in total. The predicted octanol–water partition coefficient (Wildman–Crippen LogP) is 3.04. The lowest BCUT2D eigenvalue weighted by Gasteiger charge is -2.20. The molecule has 0 spiro atoms. The Balaban J connectivity index is 0.00000392. The first-order valence-corrected chi connectivity index (χ1v) is 11.3. The third-order valence-corrected chi connectivity index (χ3v) is 6.81. The van der Waals surface area contributed by atoms with E-state index >= 15 is 0 Å². The molecule has 0 saturated carbocycles. The minimum Gasteiger partial charge on any atom is -0.383 e. The summed E-state index contributed by atoms with van der Waals surface area (Å²) in [6, 6.07) is 5.08. The Bertz CT molecular complexity index is 733. The zero-order chi connectivity index (χ0) is 19.9. The van der Waals surface area contributed by atoms with Crippen molar-refractivity contribution in [3.63, 3.8) is 0 Å². The lowest BCUT2D eigenvalue weighted by molar-refractivity contribution is -0.116. The van der Waals surface area contributed by atoms with Crippen molar-refractivity contribution in [2.24, 2.45) is 0 Å². The number of benzene rings is 1. The third kappa shape index (κ3) is 6.34. The van der Waals surface area contributed by atoms with Crippen LogP contribution in [0.2, 0.25) is 0 Å². The summed E-state index contributed by atoms with van der Waals surface area (Å²) in [5.74, 6) is -0.105. The van der Waals surface area contributed by atoms with Gasteiger partial charge in [-0.3, -0.25) is 4.79 Å². The lowest BCUT2D eigenvalue weighted by atomic mass is 10.1. The maximum absolute atomic E-state index is 12.8. The van der Waals surface area contributed by atoms with Crippen LogP contribution < -0.4 is 16.0 Å². The van der Waals surface area contributed by atoms with Crippen molar-refractivity contribution in [1.82, 2.24) is 9.62 Å². The van der Waals surface area contributed by atoms with E-state index in [1.807, 2.05) is 13.8 Å². The standard InChI is InChI=1S/C19H32N4O3S.ClH/c1-4-11-21-17-10-9-16(27(25,26)23(5-2)6-3)14-18(17)22-19(24)13-15-8-7-12-20-15;/h9-10,14-15,20-21H,4-8,11-13H2,1-3H3,(H,22,24);1H. The van der Waals surface area contributed by atoms with Gasteiger partial charge in [0.1, 0.15) is 0 Å². The molecule has 1 fully saturated rings. The molecule has 2 rings (SSSR count). The molecule has 7 nitrogen and oxygen atoms in total. The summed E-state index contributed by atoms with van der Waals surface area (Å²) >= 11 is 0. The van der Waals surface area contributed by atoms with E-state index in [1.54, 1.807) is 18.2 Å². The highest BCUT2D eigenvalue weighted by Crippen LogP contribution is 2.28. The topological polar surface area (TPSA) is 90.5 Å². The Kier molecular flexibility index (Phi) is 10.2. The molecule has 1 aromatic rings. The zero-order valence-corrected chi connectivity index (χ0v) is 18.6. The first kappa shape index (κ1) is 24.7. The van der Waals surface area contributed by atoms with Crippen LogP contribution in [0.15, 0.2) is 23.1 Å². The van der Waals surface area contributed by atoms with Gasteiger partial charge in [0.25, 0.3) is 0 Å². The van der Waals surface area contributed by atoms with Gasteiger partial charge in [0.05, 0.1) is 16.3 Å². The quantitative estimate of drug-likeness (QED) is 0.528. The summed E-state index contributed by atoms with van der Waals surface area (Å²) < 4.78 is 27.1. The molecule has 0 radical (unpaired) electrons. The predicted molar refractivity (Wildman–Crippen MR) is 117 cm³/mol. The molecule has 28 heavy (non-hydrogen) atoms. The van der Waals surface area contributed by atoms with E-state index in [1.165, 1.54) is 4.31 Å². The largest absolute Gasteiger partial charge is 0.383 e. The van der Waals surface area contributed by atoms with E-state index in [2.05, 4.69) is 22.9 Å². The van der Waals surface area contributed by atoms with Crippen LogP contribution in [0.25, 0.3) is 0 Å². The van der Waals surface area contributed by atoms with E-state index in [0.717, 1.165) is 38.0 Å². The van der Waals surface area contributed by atoms with Crippen LogP contribution in [-0.2, 0) is 14.8 Å². The normalized spacial score (nSPS) is 16.6. The summed E-state index contributed by atoms with van der Waals surface area (Å²) in [6.07, 6.45) is 3.39. The van der Waals surface area contributed by atoms with Gasteiger partial charge in [0.2, 0.25) is 15.9 Å². The number of hydrogen-bond acceptors (Lipinski definition) is 5. The number of amides is 1. The maximum Gasteiger partial charge on any atom is 0.243 e. The summed E-state index contributed by atoms with van der Waals surface area (Å²) in [6.45, 7) is 8.18. The fourth-order valence-corrected chi connectivity index (χ4v) is 4.75. The molecule has 1 heterocycles.